The molecule has 0 amide bonds. The van der Waals surface area contributed by atoms with E-state index in [0.717, 1.165) is 29.4 Å². The van der Waals surface area contributed by atoms with Crippen LogP contribution < -0.4 is 0 Å². The Labute approximate surface area is 112 Å². The average Bonchev–Trinajstić information content (AvgIpc) is 2.87. The Hall–Kier alpha value is -2.22. The van der Waals surface area contributed by atoms with Crippen LogP contribution >= 0.6 is 0 Å². The van der Waals surface area contributed by atoms with Gasteiger partial charge in [-0.15, -0.1) is 0 Å². The van der Waals surface area contributed by atoms with Crippen molar-refractivity contribution in [3.63, 3.8) is 0 Å². The van der Waals surface area contributed by atoms with Crippen LogP contribution in [0.15, 0.2) is 54.7 Å². The van der Waals surface area contributed by atoms with E-state index in [9.17, 15) is 5.11 Å². The maximum Gasteiger partial charge on any atom is 0.128 e. The molecule has 0 bridgehead atoms. The Balaban J connectivity index is 2.03. The molecule has 1 N–H and O–H groups in total. The highest BCUT2D eigenvalue weighted by Crippen LogP contribution is 2.31. The molecule has 0 aliphatic rings. The van der Waals surface area contributed by atoms with Gasteiger partial charge in [-0.25, -0.2) is 0 Å². The second kappa shape index (κ2) is 4.81. The maximum atomic E-state index is 10.4. The maximum absolute atomic E-state index is 10.4. The van der Waals surface area contributed by atoms with E-state index in [4.69, 9.17) is 0 Å². The third kappa shape index (κ3) is 2.10. The number of nitrogens with zero attached hydrogens (tertiary/aromatic N) is 1. The zero-order valence-electron chi connectivity index (χ0n) is 11.0. The van der Waals surface area contributed by atoms with E-state index in [1.807, 2.05) is 36.5 Å². The quantitative estimate of drug-likeness (QED) is 0.749. The third-order valence-corrected chi connectivity index (χ3v) is 3.59. The standard InChI is InChI=1S/C17H17NO/c1-2-18-11-10-15-16(18)9-8-14(17(15)19)12-13-6-4-3-5-7-13/h3-11,19H,2,12H2,1H3. The van der Waals surface area contributed by atoms with Gasteiger partial charge in [-0.2, -0.15) is 0 Å². The predicted octanol–water partition coefficient (Wildman–Crippen LogP) is 3.96. The Morgan fingerprint density at radius 2 is 1.79 bits per heavy atom. The van der Waals surface area contributed by atoms with Gasteiger partial charge >= 0.3 is 0 Å². The van der Waals surface area contributed by atoms with Crippen molar-refractivity contribution < 1.29 is 5.11 Å². The fourth-order valence-corrected chi connectivity index (χ4v) is 2.54. The van der Waals surface area contributed by atoms with E-state index in [0.29, 0.717) is 5.75 Å². The molecule has 0 spiro atoms. The lowest BCUT2D eigenvalue weighted by Crippen LogP contribution is -1.92. The summed E-state index contributed by atoms with van der Waals surface area (Å²) in [4.78, 5) is 0. The van der Waals surface area contributed by atoms with Crippen LogP contribution in [0.2, 0.25) is 0 Å². The van der Waals surface area contributed by atoms with Gasteiger partial charge in [-0.05, 0) is 30.2 Å². The van der Waals surface area contributed by atoms with Crippen LogP contribution in [-0.4, -0.2) is 9.67 Å². The van der Waals surface area contributed by atoms with Crippen LogP contribution in [0.25, 0.3) is 10.9 Å². The van der Waals surface area contributed by atoms with Crippen molar-refractivity contribution in [3.8, 4) is 5.75 Å². The topological polar surface area (TPSA) is 25.2 Å². The first-order chi connectivity index (χ1) is 9.29. The van der Waals surface area contributed by atoms with Crippen LogP contribution in [-0.2, 0) is 13.0 Å². The first-order valence-corrected chi connectivity index (χ1v) is 6.63. The van der Waals surface area contributed by atoms with E-state index in [1.54, 1.807) is 0 Å². The van der Waals surface area contributed by atoms with Crippen molar-refractivity contribution in [1.29, 1.82) is 0 Å². The minimum atomic E-state index is 0.411. The van der Waals surface area contributed by atoms with Gasteiger partial charge in [0, 0.05) is 24.5 Å². The van der Waals surface area contributed by atoms with Gasteiger partial charge in [0.15, 0.2) is 0 Å². The molecule has 0 aliphatic carbocycles. The van der Waals surface area contributed by atoms with Crippen molar-refractivity contribution in [3.05, 3.63) is 65.9 Å². The van der Waals surface area contributed by atoms with Crippen LogP contribution in [0.3, 0.4) is 0 Å². The van der Waals surface area contributed by atoms with E-state index < -0.39 is 0 Å². The SMILES string of the molecule is CCn1ccc2c(O)c(Cc3ccccc3)ccc21. The molecule has 19 heavy (non-hydrogen) atoms. The van der Waals surface area contributed by atoms with E-state index >= 15 is 0 Å². The van der Waals surface area contributed by atoms with Crippen molar-refractivity contribution in [1.82, 2.24) is 4.57 Å². The number of hydrogen-bond acceptors (Lipinski definition) is 1. The number of benzene rings is 2. The highest BCUT2D eigenvalue weighted by molar-refractivity contribution is 5.87. The number of hydrogen-bond donors (Lipinski definition) is 1. The number of phenolic OH excluding ortho intramolecular Hbond substituents is 1. The highest BCUT2D eigenvalue weighted by Gasteiger charge is 2.09. The number of aryl methyl sites for hydroxylation is 1. The molecule has 0 aliphatic heterocycles. The largest absolute Gasteiger partial charge is 0.507 e. The minimum Gasteiger partial charge on any atom is -0.507 e. The molecule has 2 nitrogen and oxygen atoms in total. The number of rotatable bonds is 3. The van der Waals surface area contributed by atoms with Gasteiger partial charge in [0.05, 0.1) is 5.52 Å². The zero-order valence-corrected chi connectivity index (χ0v) is 11.0. The smallest absolute Gasteiger partial charge is 0.128 e. The summed E-state index contributed by atoms with van der Waals surface area (Å²) in [6, 6.07) is 16.3. The lowest BCUT2D eigenvalue weighted by atomic mass is 10.0. The summed E-state index contributed by atoms with van der Waals surface area (Å²) < 4.78 is 2.14. The summed E-state index contributed by atoms with van der Waals surface area (Å²) in [7, 11) is 0. The molecule has 3 aromatic rings. The van der Waals surface area contributed by atoms with Gasteiger partial charge in [0.1, 0.15) is 5.75 Å². The fraction of sp³-hybridized carbons (Fsp3) is 0.176. The molecule has 0 radical (unpaired) electrons. The monoisotopic (exact) mass is 251 g/mol. The highest BCUT2D eigenvalue weighted by atomic mass is 16.3. The Bertz CT molecular complexity index is 698. The van der Waals surface area contributed by atoms with E-state index in [1.165, 1.54) is 5.56 Å². The molecule has 0 saturated carbocycles. The molecule has 0 fully saturated rings. The van der Waals surface area contributed by atoms with Crippen LogP contribution in [0.5, 0.6) is 5.75 Å². The first kappa shape index (κ1) is 11.8. The van der Waals surface area contributed by atoms with Crippen LogP contribution in [0.4, 0.5) is 0 Å². The average molecular weight is 251 g/mol. The predicted molar refractivity (Wildman–Crippen MR) is 78.5 cm³/mol. The van der Waals surface area contributed by atoms with Gasteiger partial charge in [0.2, 0.25) is 0 Å². The molecule has 0 atom stereocenters. The molecular formula is C17H17NO. The summed E-state index contributed by atoms with van der Waals surface area (Å²) in [5.41, 5.74) is 3.29. The number of phenols is 1. The Morgan fingerprint density at radius 1 is 1.00 bits per heavy atom. The summed E-state index contributed by atoms with van der Waals surface area (Å²) in [6.07, 6.45) is 2.79. The van der Waals surface area contributed by atoms with Crippen LogP contribution in [0, 0.1) is 0 Å². The van der Waals surface area contributed by atoms with Crippen molar-refractivity contribution in [2.45, 2.75) is 19.9 Å². The molecule has 2 aromatic carbocycles. The summed E-state index contributed by atoms with van der Waals surface area (Å²) in [5.74, 6) is 0.411. The summed E-state index contributed by atoms with van der Waals surface area (Å²) >= 11 is 0. The fourth-order valence-electron chi connectivity index (χ4n) is 2.54. The van der Waals surface area contributed by atoms with Gasteiger partial charge in [0.25, 0.3) is 0 Å². The van der Waals surface area contributed by atoms with E-state index in [-0.39, 0.29) is 0 Å². The summed E-state index contributed by atoms with van der Waals surface area (Å²) in [6.45, 7) is 3.02. The molecule has 1 heterocycles. The lowest BCUT2D eigenvalue weighted by Gasteiger charge is -2.07. The van der Waals surface area contributed by atoms with Gasteiger partial charge in [-0.1, -0.05) is 36.4 Å². The summed E-state index contributed by atoms with van der Waals surface area (Å²) in [5, 5.41) is 11.3. The molecule has 96 valence electrons. The molecule has 0 unspecified atom stereocenters. The first-order valence-electron chi connectivity index (χ1n) is 6.63. The van der Waals surface area contributed by atoms with Gasteiger partial charge in [-0.3, -0.25) is 0 Å². The van der Waals surface area contributed by atoms with Crippen LogP contribution in [0.1, 0.15) is 18.1 Å². The number of aromatic nitrogens is 1. The second-order valence-electron chi connectivity index (χ2n) is 4.77. The second-order valence-corrected chi connectivity index (χ2v) is 4.77. The number of aromatic hydroxyl groups is 1. The Morgan fingerprint density at radius 3 is 2.53 bits per heavy atom. The zero-order chi connectivity index (χ0) is 13.2. The normalized spacial score (nSPS) is 11.0. The van der Waals surface area contributed by atoms with Crippen molar-refractivity contribution in [2.75, 3.05) is 0 Å². The van der Waals surface area contributed by atoms with Crippen molar-refractivity contribution >= 4 is 10.9 Å². The van der Waals surface area contributed by atoms with E-state index in [2.05, 4.69) is 29.7 Å². The molecular weight excluding hydrogens is 234 g/mol. The molecule has 0 saturated heterocycles. The lowest BCUT2D eigenvalue weighted by molar-refractivity contribution is 0.476. The third-order valence-electron chi connectivity index (χ3n) is 3.59. The molecule has 1 aromatic heterocycles. The molecule has 3 rings (SSSR count). The number of fused-ring (bicyclic) bond motifs is 1. The van der Waals surface area contributed by atoms with Gasteiger partial charge < -0.3 is 9.67 Å². The minimum absolute atomic E-state index is 0.411. The molecule has 2 heteroatoms. The van der Waals surface area contributed by atoms with Crippen molar-refractivity contribution in [2.24, 2.45) is 0 Å². The Kier molecular flexibility index (Phi) is 3.00.